The van der Waals surface area contributed by atoms with E-state index in [-0.39, 0.29) is 30.1 Å². The van der Waals surface area contributed by atoms with Gasteiger partial charge in [-0.25, -0.2) is 8.42 Å². The molecule has 1 unspecified atom stereocenters. The summed E-state index contributed by atoms with van der Waals surface area (Å²) in [6.07, 6.45) is 2.24. The van der Waals surface area contributed by atoms with Gasteiger partial charge in [-0.3, -0.25) is 4.79 Å². The monoisotopic (exact) mass is 393 g/mol. The second-order valence-corrected chi connectivity index (χ2v) is 8.99. The Kier molecular flexibility index (Phi) is 6.78. The molecule has 1 heterocycles. The van der Waals surface area contributed by atoms with Crippen molar-refractivity contribution in [1.29, 1.82) is 0 Å². The molecule has 0 aliphatic carbocycles. The van der Waals surface area contributed by atoms with E-state index >= 15 is 0 Å². The Hall–Kier alpha value is -0.980. The summed E-state index contributed by atoms with van der Waals surface area (Å²) in [6, 6.07) is 4.48. The van der Waals surface area contributed by atoms with Crippen molar-refractivity contribution in [2.24, 2.45) is 0 Å². The molecular weight excluding hydrogens is 373 g/mol. The van der Waals surface area contributed by atoms with Crippen LogP contribution in [0.4, 0.5) is 0 Å². The number of carbonyl (C=O) groups is 1. The van der Waals surface area contributed by atoms with Gasteiger partial charge in [0.05, 0.1) is 11.5 Å². The largest absolute Gasteiger partial charge is 0.484 e. The fourth-order valence-corrected chi connectivity index (χ4v) is 4.94. The first-order valence-electron chi connectivity index (χ1n) is 7.89. The van der Waals surface area contributed by atoms with Crippen molar-refractivity contribution >= 4 is 38.9 Å². The van der Waals surface area contributed by atoms with Crippen molar-refractivity contribution in [3.8, 4) is 5.75 Å². The van der Waals surface area contributed by atoms with Gasteiger partial charge in [0.25, 0.3) is 5.91 Å². The zero-order valence-electron chi connectivity index (χ0n) is 13.5. The Morgan fingerprint density at radius 2 is 1.96 bits per heavy atom. The van der Waals surface area contributed by atoms with Crippen molar-refractivity contribution in [1.82, 2.24) is 4.90 Å². The summed E-state index contributed by atoms with van der Waals surface area (Å²) < 4.78 is 28.9. The molecule has 134 valence electrons. The lowest BCUT2D eigenvalue weighted by Gasteiger charge is -2.28. The van der Waals surface area contributed by atoms with Gasteiger partial charge in [0, 0.05) is 22.6 Å². The number of sulfone groups is 1. The molecule has 1 atom stereocenters. The molecule has 0 bridgehead atoms. The van der Waals surface area contributed by atoms with Gasteiger partial charge in [-0.2, -0.15) is 0 Å². The Morgan fingerprint density at radius 1 is 1.29 bits per heavy atom. The molecule has 1 fully saturated rings. The summed E-state index contributed by atoms with van der Waals surface area (Å²) in [5.41, 5.74) is 0. The summed E-state index contributed by atoms with van der Waals surface area (Å²) in [5.74, 6) is 0.362. The van der Waals surface area contributed by atoms with E-state index in [1.807, 2.05) is 6.92 Å². The molecule has 0 radical (unpaired) electrons. The molecule has 8 heteroatoms. The normalized spacial score (nSPS) is 19.2. The molecule has 5 nitrogen and oxygen atoms in total. The smallest absolute Gasteiger partial charge is 0.260 e. The molecule has 0 N–H and O–H groups in total. The first kappa shape index (κ1) is 19.3. The SMILES string of the molecule is CCCCN(C(=O)COc1cc(Cl)cc(Cl)c1)C1CCS(=O)(=O)C1. The van der Waals surface area contributed by atoms with Crippen molar-refractivity contribution in [2.45, 2.75) is 32.2 Å². The van der Waals surface area contributed by atoms with E-state index in [4.69, 9.17) is 27.9 Å². The van der Waals surface area contributed by atoms with Gasteiger partial charge in [0.2, 0.25) is 0 Å². The van der Waals surface area contributed by atoms with Gasteiger partial charge in [-0.15, -0.1) is 0 Å². The number of ether oxygens (including phenoxy) is 1. The summed E-state index contributed by atoms with van der Waals surface area (Å²) in [5, 5.41) is 0.851. The van der Waals surface area contributed by atoms with Crippen molar-refractivity contribution in [3.63, 3.8) is 0 Å². The lowest BCUT2D eigenvalue weighted by molar-refractivity contribution is -0.135. The van der Waals surface area contributed by atoms with Gasteiger partial charge in [-0.1, -0.05) is 36.5 Å². The van der Waals surface area contributed by atoms with Gasteiger partial charge in [0.15, 0.2) is 16.4 Å². The van der Waals surface area contributed by atoms with Crippen molar-refractivity contribution < 1.29 is 17.9 Å². The van der Waals surface area contributed by atoms with Gasteiger partial charge < -0.3 is 9.64 Å². The van der Waals surface area contributed by atoms with E-state index < -0.39 is 9.84 Å². The third kappa shape index (κ3) is 5.53. The van der Waals surface area contributed by atoms with E-state index in [0.29, 0.717) is 28.8 Å². The molecule has 0 saturated carbocycles. The average Bonchev–Trinajstić information content (AvgIpc) is 2.84. The minimum atomic E-state index is -3.05. The maximum atomic E-state index is 12.5. The number of unbranched alkanes of at least 4 members (excludes halogenated alkanes) is 1. The Bertz CT molecular complexity index is 673. The van der Waals surface area contributed by atoms with E-state index in [1.165, 1.54) is 0 Å². The van der Waals surface area contributed by atoms with Crippen molar-refractivity contribution in [3.05, 3.63) is 28.2 Å². The standard InChI is InChI=1S/C16H21Cl2NO4S/c1-2-3-5-19(14-4-6-24(21,22)11-14)16(20)10-23-15-8-12(17)7-13(18)9-15/h7-9,14H,2-6,10-11H2,1H3. The Balaban J connectivity index is 2.02. The highest BCUT2D eigenvalue weighted by molar-refractivity contribution is 7.91. The molecule has 0 spiro atoms. The second-order valence-electron chi connectivity index (χ2n) is 5.89. The van der Waals surface area contributed by atoms with Crippen LogP contribution >= 0.6 is 23.2 Å². The van der Waals surface area contributed by atoms with E-state index in [9.17, 15) is 13.2 Å². The molecule has 24 heavy (non-hydrogen) atoms. The zero-order valence-corrected chi connectivity index (χ0v) is 15.8. The highest BCUT2D eigenvalue weighted by Gasteiger charge is 2.34. The third-order valence-corrected chi connectivity index (χ3v) is 6.11. The molecule has 1 aliphatic rings. The molecule has 0 aromatic heterocycles. The molecule has 1 amide bonds. The van der Waals surface area contributed by atoms with Crippen LogP contribution in [0.3, 0.4) is 0 Å². The van der Waals surface area contributed by atoms with E-state index in [1.54, 1.807) is 23.1 Å². The second kappa shape index (κ2) is 8.41. The molecule has 1 saturated heterocycles. The maximum Gasteiger partial charge on any atom is 0.260 e. The van der Waals surface area contributed by atoms with Crippen LogP contribution in [0.2, 0.25) is 10.0 Å². The Morgan fingerprint density at radius 3 is 2.50 bits per heavy atom. The van der Waals surface area contributed by atoms with E-state index in [0.717, 1.165) is 12.8 Å². The number of nitrogens with zero attached hydrogens (tertiary/aromatic N) is 1. The minimum Gasteiger partial charge on any atom is -0.484 e. The summed E-state index contributed by atoms with van der Waals surface area (Å²) in [4.78, 5) is 14.2. The molecule has 1 aromatic rings. The predicted octanol–water partition coefficient (Wildman–Crippen LogP) is 3.19. The number of amides is 1. The quantitative estimate of drug-likeness (QED) is 0.713. The summed E-state index contributed by atoms with van der Waals surface area (Å²) in [6.45, 7) is 2.39. The summed E-state index contributed by atoms with van der Waals surface area (Å²) >= 11 is 11.8. The molecule has 1 aliphatic heterocycles. The average molecular weight is 394 g/mol. The first-order chi connectivity index (χ1) is 11.3. The van der Waals surface area contributed by atoms with Crippen LogP contribution in [0.5, 0.6) is 5.75 Å². The van der Waals surface area contributed by atoms with E-state index in [2.05, 4.69) is 0 Å². The minimum absolute atomic E-state index is 0.0332. The Labute approximate surface area is 152 Å². The van der Waals surface area contributed by atoms with Crippen LogP contribution in [-0.4, -0.2) is 49.9 Å². The number of hydrogen-bond donors (Lipinski definition) is 0. The topological polar surface area (TPSA) is 63.7 Å². The number of hydrogen-bond acceptors (Lipinski definition) is 4. The third-order valence-electron chi connectivity index (χ3n) is 3.92. The zero-order chi connectivity index (χ0) is 17.7. The van der Waals surface area contributed by atoms with Crippen molar-refractivity contribution in [2.75, 3.05) is 24.7 Å². The first-order valence-corrected chi connectivity index (χ1v) is 10.5. The predicted molar refractivity (Wildman–Crippen MR) is 95.6 cm³/mol. The number of halogens is 2. The van der Waals surface area contributed by atoms with Gasteiger partial charge in [-0.05, 0) is 31.0 Å². The maximum absolute atomic E-state index is 12.5. The lowest BCUT2D eigenvalue weighted by atomic mass is 10.2. The fraction of sp³-hybridized carbons (Fsp3) is 0.562. The molecule has 1 aromatic carbocycles. The van der Waals surface area contributed by atoms with Crippen LogP contribution in [-0.2, 0) is 14.6 Å². The van der Waals surface area contributed by atoms with Gasteiger partial charge in [0.1, 0.15) is 5.75 Å². The number of benzene rings is 1. The fourth-order valence-electron chi connectivity index (χ4n) is 2.70. The van der Waals surface area contributed by atoms with Crippen LogP contribution in [0.25, 0.3) is 0 Å². The lowest BCUT2D eigenvalue weighted by Crippen LogP contribution is -2.44. The molecular formula is C16H21Cl2NO4S. The number of rotatable bonds is 7. The highest BCUT2D eigenvalue weighted by atomic mass is 35.5. The highest BCUT2D eigenvalue weighted by Crippen LogP contribution is 2.24. The van der Waals surface area contributed by atoms with Crippen LogP contribution < -0.4 is 4.74 Å². The number of carbonyl (C=O) groups excluding carboxylic acids is 1. The van der Waals surface area contributed by atoms with Crippen LogP contribution in [0, 0.1) is 0 Å². The van der Waals surface area contributed by atoms with Gasteiger partial charge >= 0.3 is 0 Å². The summed E-state index contributed by atoms with van der Waals surface area (Å²) in [7, 11) is -3.05. The van der Waals surface area contributed by atoms with Crippen LogP contribution in [0.1, 0.15) is 26.2 Å². The molecule has 2 rings (SSSR count). The van der Waals surface area contributed by atoms with Crippen LogP contribution in [0.15, 0.2) is 18.2 Å².